The van der Waals surface area contributed by atoms with Crippen molar-refractivity contribution in [2.75, 3.05) is 13.2 Å². The summed E-state index contributed by atoms with van der Waals surface area (Å²) in [5.41, 5.74) is 2.40. The zero-order chi connectivity index (χ0) is 9.68. The lowest BCUT2D eigenvalue weighted by Crippen LogP contribution is -2.42. The molecule has 0 spiro atoms. The molecule has 1 saturated heterocycles. The summed E-state index contributed by atoms with van der Waals surface area (Å²) in [5, 5.41) is 3.56. The Bertz CT molecular complexity index is 177. The average Bonchev–Trinajstić information content (AvgIpc) is 2.61. The van der Waals surface area contributed by atoms with E-state index in [1.807, 2.05) is 0 Å². The van der Waals surface area contributed by atoms with Crippen LogP contribution < -0.4 is 16.6 Å². The normalized spacial score (nSPS) is 27.2. The van der Waals surface area contributed by atoms with Gasteiger partial charge in [0.2, 0.25) is 0 Å². The van der Waals surface area contributed by atoms with Crippen molar-refractivity contribution >= 4 is 17.3 Å². The van der Waals surface area contributed by atoms with E-state index in [4.69, 9.17) is 22.8 Å². The molecule has 2 unspecified atom stereocenters. The van der Waals surface area contributed by atoms with E-state index in [0.29, 0.717) is 17.1 Å². The largest absolute Gasteiger partial charge is 0.378 e. The third kappa shape index (κ3) is 3.10. The SMILES string of the molecule is CCC1OCCC1CNC(=S)NN. The van der Waals surface area contributed by atoms with E-state index < -0.39 is 0 Å². The van der Waals surface area contributed by atoms with Crippen LogP contribution in [0.5, 0.6) is 0 Å². The van der Waals surface area contributed by atoms with Gasteiger partial charge in [-0.3, -0.25) is 0 Å². The number of hydrazine groups is 1. The third-order valence-electron chi connectivity index (χ3n) is 2.40. The van der Waals surface area contributed by atoms with Gasteiger partial charge in [0.05, 0.1) is 6.10 Å². The van der Waals surface area contributed by atoms with E-state index in [-0.39, 0.29) is 0 Å². The maximum absolute atomic E-state index is 5.55. The van der Waals surface area contributed by atoms with Crippen molar-refractivity contribution in [3.63, 3.8) is 0 Å². The molecule has 0 aromatic carbocycles. The number of hydrogen-bond acceptors (Lipinski definition) is 3. The van der Waals surface area contributed by atoms with Gasteiger partial charge in [0.25, 0.3) is 0 Å². The van der Waals surface area contributed by atoms with Crippen LogP contribution in [0.15, 0.2) is 0 Å². The van der Waals surface area contributed by atoms with E-state index in [0.717, 1.165) is 26.0 Å². The maximum Gasteiger partial charge on any atom is 0.180 e. The molecule has 4 nitrogen and oxygen atoms in total. The molecular formula is C8H17N3OS. The molecule has 5 heteroatoms. The number of thiocarbonyl (C=S) groups is 1. The van der Waals surface area contributed by atoms with Gasteiger partial charge in [0, 0.05) is 19.1 Å². The molecule has 1 aliphatic heterocycles. The van der Waals surface area contributed by atoms with Crippen LogP contribution >= 0.6 is 12.2 Å². The predicted molar refractivity (Wildman–Crippen MR) is 56.1 cm³/mol. The average molecular weight is 203 g/mol. The highest BCUT2D eigenvalue weighted by molar-refractivity contribution is 7.80. The van der Waals surface area contributed by atoms with Gasteiger partial charge in [-0.2, -0.15) is 0 Å². The van der Waals surface area contributed by atoms with Crippen LogP contribution in [-0.2, 0) is 4.74 Å². The summed E-state index contributed by atoms with van der Waals surface area (Å²) in [6.45, 7) is 3.86. The number of rotatable bonds is 3. The molecule has 1 aliphatic rings. The predicted octanol–water partition coefficient (Wildman–Crippen LogP) is 0.139. The van der Waals surface area contributed by atoms with Crippen LogP contribution in [0.2, 0.25) is 0 Å². The summed E-state index contributed by atoms with van der Waals surface area (Å²) < 4.78 is 5.55. The second kappa shape index (κ2) is 5.36. The smallest absolute Gasteiger partial charge is 0.180 e. The summed E-state index contributed by atoms with van der Waals surface area (Å²) in [6.07, 6.45) is 2.56. The minimum absolute atomic E-state index is 0.382. The van der Waals surface area contributed by atoms with Crippen molar-refractivity contribution in [1.82, 2.24) is 10.7 Å². The Morgan fingerprint density at radius 3 is 3.08 bits per heavy atom. The number of nitrogens with one attached hydrogen (secondary N) is 2. The lowest BCUT2D eigenvalue weighted by molar-refractivity contribution is 0.0883. The zero-order valence-electron chi connectivity index (χ0n) is 7.88. The van der Waals surface area contributed by atoms with Gasteiger partial charge in [-0.15, -0.1) is 0 Å². The second-order valence-corrected chi connectivity index (χ2v) is 3.63. The molecule has 0 amide bonds. The van der Waals surface area contributed by atoms with E-state index in [1.165, 1.54) is 0 Å². The molecule has 0 saturated carbocycles. The van der Waals surface area contributed by atoms with Crippen molar-refractivity contribution < 1.29 is 4.74 Å². The Morgan fingerprint density at radius 2 is 2.46 bits per heavy atom. The van der Waals surface area contributed by atoms with Gasteiger partial charge in [0.1, 0.15) is 0 Å². The number of nitrogens with two attached hydrogens (primary N) is 1. The van der Waals surface area contributed by atoms with E-state index >= 15 is 0 Å². The summed E-state index contributed by atoms with van der Waals surface area (Å²) in [4.78, 5) is 0. The maximum atomic E-state index is 5.55. The lowest BCUT2D eigenvalue weighted by Gasteiger charge is -2.17. The number of ether oxygens (including phenoxy) is 1. The third-order valence-corrected chi connectivity index (χ3v) is 2.67. The molecule has 4 N–H and O–H groups in total. The van der Waals surface area contributed by atoms with Gasteiger partial charge in [-0.25, -0.2) is 5.84 Å². The molecule has 1 fully saturated rings. The first kappa shape index (κ1) is 10.7. The van der Waals surface area contributed by atoms with E-state index in [2.05, 4.69) is 17.7 Å². The van der Waals surface area contributed by atoms with Gasteiger partial charge >= 0.3 is 0 Å². The van der Waals surface area contributed by atoms with Crippen molar-refractivity contribution in [3.8, 4) is 0 Å². The van der Waals surface area contributed by atoms with Crippen LogP contribution in [0.4, 0.5) is 0 Å². The lowest BCUT2D eigenvalue weighted by atomic mass is 10.00. The first-order chi connectivity index (χ1) is 6.27. The van der Waals surface area contributed by atoms with Crippen LogP contribution in [0.25, 0.3) is 0 Å². The van der Waals surface area contributed by atoms with Gasteiger partial charge in [-0.1, -0.05) is 6.92 Å². The van der Waals surface area contributed by atoms with Crippen LogP contribution in [-0.4, -0.2) is 24.4 Å². The van der Waals surface area contributed by atoms with Crippen LogP contribution in [0, 0.1) is 5.92 Å². The quantitative estimate of drug-likeness (QED) is 0.346. The summed E-state index contributed by atoms with van der Waals surface area (Å²) >= 11 is 4.88. The van der Waals surface area contributed by atoms with Gasteiger partial charge in [-0.05, 0) is 25.1 Å². The van der Waals surface area contributed by atoms with Crippen molar-refractivity contribution in [2.24, 2.45) is 11.8 Å². The van der Waals surface area contributed by atoms with E-state index in [9.17, 15) is 0 Å². The minimum atomic E-state index is 0.382. The fraction of sp³-hybridized carbons (Fsp3) is 0.875. The van der Waals surface area contributed by atoms with Crippen LogP contribution in [0.1, 0.15) is 19.8 Å². The first-order valence-electron chi connectivity index (χ1n) is 4.64. The molecule has 76 valence electrons. The standard InChI is InChI=1S/C8H17N3OS/c1-2-7-6(3-4-12-7)5-10-8(13)11-9/h6-7H,2-5,9H2,1H3,(H2,10,11,13). The van der Waals surface area contributed by atoms with Gasteiger partial charge < -0.3 is 15.5 Å². The monoisotopic (exact) mass is 203 g/mol. The molecular weight excluding hydrogens is 186 g/mol. The first-order valence-corrected chi connectivity index (χ1v) is 5.04. The Balaban J connectivity index is 2.23. The highest BCUT2D eigenvalue weighted by atomic mass is 32.1. The Kier molecular flexibility index (Phi) is 4.41. The highest BCUT2D eigenvalue weighted by Gasteiger charge is 2.26. The molecule has 0 aromatic heterocycles. The molecule has 0 bridgehead atoms. The summed E-state index contributed by atoms with van der Waals surface area (Å²) in [6, 6.07) is 0. The molecule has 0 aromatic rings. The van der Waals surface area contributed by atoms with Crippen molar-refractivity contribution in [2.45, 2.75) is 25.9 Å². The fourth-order valence-electron chi connectivity index (χ4n) is 1.65. The molecule has 0 radical (unpaired) electrons. The van der Waals surface area contributed by atoms with Crippen LogP contribution in [0.3, 0.4) is 0 Å². The zero-order valence-corrected chi connectivity index (χ0v) is 8.69. The highest BCUT2D eigenvalue weighted by Crippen LogP contribution is 2.22. The molecule has 0 aliphatic carbocycles. The molecule has 1 rings (SSSR count). The van der Waals surface area contributed by atoms with E-state index in [1.54, 1.807) is 0 Å². The summed E-state index contributed by atoms with van der Waals surface area (Å²) in [5.74, 6) is 5.71. The Hall–Kier alpha value is -0.390. The second-order valence-electron chi connectivity index (χ2n) is 3.22. The molecule has 13 heavy (non-hydrogen) atoms. The van der Waals surface area contributed by atoms with Gasteiger partial charge in [0.15, 0.2) is 5.11 Å². The minimum Gasteiger partial charge on any atom is -0.378 e. The molecule has 1 heterocycles. The summed E-state index contributed by atoms with van der Waals surface area (Å²) in [7, 11) is 0. The fourth-order valence-corrected chi connectivity index (χ4v) is 1.74. The topological polar surface area (TPSA) is 59.3 Å². The molecule has 2 atom stereocenters. The van der Waals surface area contributed by atoms with Crippen molar-refractivity contribution in [3.05, 3.63) is 0 Å². The Morgan fingerprint density at radius 1 is 1.69 bits per heavy atom. The Labute approximate surface area is 84.2 Å². The number of hydrogen-bond donors (Lipinski definition) is 3. The van der Waals surface area contributed by atoms with Crippen molar-refractivity contribution in [1.29, 1.82) is 0 Å².